The molecule has 9 heteroatoms. The maximum atomic E-state index is 12.4. The highest BCUT2D eigenvalue weighted by atomic mass is 16.5. The Labute approximate surface area is 160 Å². The highest BCUT2D eigenvalue weighted by molar-refractivity contribution is 5.91. The van der Waals surface area contributed by atoms with Crippen molar-refractivity contribution in [1.82, 2.24) is 34.9 Å². The van der Waals surface area contributed by atoms with Gasteiger partial charge in [0.25, 0.3) is 5.91 Å². The minimum atomic E-state index is -0.126. The Bertz CT molecular complexity index is 1100. The third-order valence-electron chi connectivity index (χ3n) is 5.04. The van der Waals surface area contributed by atoms with Gasteiger partial charge >= 0.3 is 0 Å². The van der Waals surface area contributed by atoms with Crippen molar-refractivity contribution in [3.05, 3.63) is 60.5 Å². The van der Waals surface area contributed by atoms with Gasteiger partial charge in [-0.2, -0.15) is 9.61 Å². The quantitative estimate of drug-likeness (QED) is 0.541. The number of hydrogen-bond acceptors (Lipinski definition) is 7. The minimum absolute atomic E-state index is 0.126. The van der Waals surface area contributed by atoms with Crippen LogP contribution in [0.5, 0.6) is 0 Å². The molecule has 0 saturated carbocycles. The predicted molar refractivity (Wildman–Crippen MR) is 98.4 cm³/mol. The fourth-order valence-corrected chi connectivity index (χ4v) is 3.55. The first-order valence-electron chi connectivity index (χ1n) is 9.12. The van der Waals surface area contributed by atoms with E-state index in [0.29, 0.717) is 18.7 Å². The lowest BCUT2D eigenvalue weighted by Gasteiger charge is -2.30. The Hall–Kier alpha value is -3.62. The zero-order valence-corrected chi connectivity index (χ0v) is 15.0. The summed E-state index contributed by atoms with van der Waals surface area (Å²) in [5.74, 6) is 1.16. The number of nitrogens with zero attached hydrogens (tertiary/aromatic N) is 7. The average molecular weight is 375 g/mol. The van der Waals surface area contributed by atoms with Crippen LogP contribution < -0.4 is 0 Å². The molecule has 1 saturated heterocycles. The number of piperidine rings is 1. The number of rotatable bonds is 3. The standard InChI is InChI=1S/C19H17N7O2/c27-19(16-5-9-21-28-16)25-10-6-13(7-11-25)18-23-22-17-4-3-15(24-26(17)18)14-2-1-8-20-12-14/h1-5,8-9,12-13H,6-7,10-11H2. The third kappa shape index (κ3) is 2.90. The van der Waals surface area contributed by atoms with E-state index >= 15 is 0 Å². The van der Waals surface area contributed by atoms with Gasteiger partial charge in [0.15, 0.2) is 11.5 Å². The van der Waals surface area contributed by atoms with Crippen molar-refractivity contribution in [3.63, 3.8) is 0 Å². The summed E-state index contributed by atoms with van der Waals surface area (Å²) in [6.07, 6.45) is 6.58. The largest absolute Gasteiger partial charge is 0.351 e. The van der Waals surface area contributed by atoms with Crippen LogP contribution in [0.25, 0.3) is 16.9 Å². The van der Waals surface area contributed by atoms with E-state index in [1.807, 2.05) is 24.3 Å². The number of carbonyl (C=O) groups excluding carboxylic acids is 1. The lowest BCUT2D eigenvalue weighted by atomic mass is 9.96. The first-order chi connectivity index (χ1) is 13.8. The van der Waals surface area contributed by atoms with Crippen LogP contribution >= 0.6 is 0 Å². The Balaban J connectivity index is 1.37. The van der Waals surface area contributed by atoms with Crippen molar-refractivity contribution >= 4 is 11.6 Å². The van der Waals surface area contributed by atoms with Gasteiger partial charge in [0.05, 0.1) is 11.9 Å². The molecule has 1 aliphatic rings. The third-order valence-corrected chi connectivity index (χ3v) is 5.04. The van der Waals surface area contributed by atoms with Gasteiger partial charge in [-0.05, 0) is 37.1 Å². The van der Waals surface area contributed by atoms with Crippen LogP contribution in [0.3, 0.4) is 0 Å². The van der Waals surface area contributed by atoms with Gasteiger partial charge in [-0.1, -0.05) is 5.16 Å². The van der Waals surface area contributed by atoms with Crippen molar-refractivity contribution < 1.29 is 9.32 Å². The molecular weight excluding hydrogens is 358 g/mol. The molecule has 28 heavy (non-hydrogen) atoms. The molecule has 0 spiro atoms. The van der Waals surface area contributed by atoms with Crippen LogP contribution in [0.15, 0.2) is 53.4 Å². The molecule has 0 aliphatic carbocycles. The van der Waals surface area contributed by atoms with Gasteiger partial charge in [-0.15, -0.1) is 10.2 Å². The summed E-state index contributed by atoms with van der Waals surface area (Å²) < 4.78 is 6.78. The van der Waals surface area contributed by atoms with Crippen LogP contribution in [0.2, 0.25) is 0 Å². The number of carbonyl (C=O) groups is 1. The number of pyridine rings is 1. The first kappa shape index (κ1) is 16.5. The summed E-state index contributed by atoms with van der Waals surface area (Å²) in [6, 6.07) is 9.27. The molecule has 140 valence electrons. The molecular formula is C19H17N7O2. The Morgan fingerprint density at radius 3 is 2.71 bits per heavy atom. The van der Waals surface area contributed by atoms with Crippen molar-refractivity contribution in [2.45, 2.75) is 18.8 Å². The summed E-state index contributed by atoms with van der Waals surface area (Å²) in [6.45, 7) is 1.25. The maximum Gasteiger partial charge on any atom is 0.292 e. The van der Waals surface area contributed by atoms with Crippen LogP contribution in [-0.4, -0.2) is 53.8 Å². The highest BCUT2D eigenvalue weighted by Crippen LogP contribution is 2.28. The smallest absolute Gasteiger partial charge is 0.292 e. The topological polar surface area (TPSA) is 102 Å². The monoisotopic (exact) mass is 375 g/mol. The second-order valence-electron chi connectivity index (χ2n) is 6.73. The van der Waals surface area contributed by atoms with Crippen LogP contribution in [-0.2, 0) is 0 Å². The number of hydrogen-bond donors (Lipinski definition) is 0. The minimum Gasteiger partial charge on any atom is -0.351 e. The van der Waals surface area contributed by atoms with Crippen molar-refractivity contribution in [1.29, 1.82) is 0 Å². The molecule has 5 rings (SSSR count). The van der Waals surface area contributed by atoms with Gasteiger partial charge in [0.2, 0.25) is 5.76 Å². The molecule has 4 aromatic rings. The Morgan fingerprint density at radius 2 is 1.96 bits per heavy atom. The van der Waals surface area contributed by atoms with E-state index in [1.54, 1.807) is 27.9 Å². The summed E-state index contributed by atoms with van der Waals surface area (Å²) >= 11 is 0. The molecule has 0 aromatic carbocycles. The lowest BCUT2D eigenvalue weighted by molar-refractivity contribution is 0.0668. The normalized spacial score (nSPS) is 15.2. The van der Waals surface area contributed by atoms with Crippen molar-refractivity contribution in [2.75, 3.05) is 13.1 Å². The van der Waals surface area contributed by atoms with E-state index in [1.165, 1.54) is 6.20 Å². The van der Waals surface area contributed by atoms with Gasteiger partial charge in [0.1, 0.15) is 0 Å². The van der Waals surface area contributed by atoms with Gasteiger partial charge in [-0.25, -0.2) is 0 Å². The molecule has 5 heterocycles. The van der Waals surface area contributed by atoms with E-state index in [2.05, 4.69) is 20.3 Å². The van der Waals surface area contributed by atoms with E-state index in [4.69, 9.17) is 9.62 Å². The zero-order chi connectivity index (χ0) is 18.9. The summed E-state index contributed by atoms with van der Waals surface area (Å²) in [5, 5.41) is 17.0. The zero-order valence-electron chi connectivity index (χ0n) is 15.0. The van der Waals surface area contributed by atoms with Crippen LogP contribution in [0.4, 0.5) is 0 Å². The lowest BCUT2D eigenvalue weighted by Crippen LogP contribution is -2.38. The molecule has 4 aromatic heterocycles. The number of likely N-dealkylation sites (tertiary alicyclic amines) is 1. The van der Waals surface area contributed by atoms with Gasteiger partial charge in [-0.3, -0.25) is 9.78 Å². The highest BCUT2D eigenvalue weighted by Gasteiger charge is 2.29. The second-order valence-corrected chi connectivity index (χ2v) is 6.73. The predicted octanol–water partition coefficient (Wildman–Crippen LogP) is 2.19. The average Bonchev–Trinajstić information content (AvgIpc) is 3.44. The molecule has 0 bridgehead atoms. The molecule has 1 aliphatic heterocycles. The Kier molecular flexibility index (Phi) is 4.04. The molecule has 1 fully saturated rings. The number of amides is 1. The van der Waals surface area contributed by atoms with E-state index in [9.17, 15) is 4.79 Å². The molecule has 0 unspecified atom stereocenters. The van der Waals surface area contributed by atoms with E-state index in [0.717, 1.165) is 29.9 Å². The first-order valence-corrected chi connectivity index (χ1v) is 9.12. The van der Waals surface area contributed by atoms with Crippen molar-refractivity contribution in [3.8, 4) is 11.3 Å². The Morgan fingerprint density at radius 1 is 1.07 bits per heavy atom. The van der Waals surface area contributed by atoms with E-state index in [-0.39, 0.29) is 17.6 Å². The molecule has 9 nitrogen and oxygen atoms in total. The second kappa shape index (κ2) is 6.84. The fraction of sp³-hybridized carbons (Fsp3) is 0.263. The van der Waals surface area contributed by atoms with Crippen LogP contribution in [0, 0.1) is 0 Å². The summed E-state index contributed by atoms with van der Waals surface area (Å²) in [5.41, 5.74) is 2.47. The molecule has 0 atom stereocenters. The summed E-state index contributed by atoms with van der Waals surface area (Å²) in [7, 11) is 0. The molecule has 1 amide bonds. The molecule has 0 radical (unpaired) electrons. The maximum absolute atomic E-state index is 12.4. The SMILES string of the molecule is O=C(c1ccno1)N1CCC(c2nnc3ccc(-c4cccnc4)nn23)CC1. The molecule has 0 N–H and O–H groups in total. The van der Waals surface area contributed by atoms with Crippen molar-refractivity contribution in [2.24, 2.45) is 0 Å². The summed E-state index contributed by atoms with van der Waals surface area (Å²) in [4.78, 5) is 18.4. The number of aromatic nitrogens is 6. The van der Waals surface area contributed by atoms with Gasteiger partial charge in [0, 0.05) is 43.0 Å². The van der Waals surface area contributed by atoms with E-state index < -0.39 is 0 Å². The van der Waals surface area contributed by atoms with Gasteiger partial charge < -0.3 is 9.42 Å². The number of fused-ring (bicyclic) bond motifs is 1. The van der Waals surface area contributed by atoms with Crippen LogP contribution in [0.1, 0.15) is 35.1 Å². The fourth-order valence-electron chi connectivity index (χ4n) is 3.55.